The lowest BCUT2D eigenvalue weighted by molar-refractivity contribution is 0.512. The summed E-state index contributed by atoms with van der Waals surface area (Å²) in [5.74, 6) is -3.76. The molecule has 0 heterocycles. The van der Waals surface area contributed by atoms with Crippen LogP contribution in [0.2, 0.25) is 0 Å². The molecule has 3 aromatic carbocycles. The number of benzene rings is 3. The smallest absolute Gasteiger partial charge is 0.235 e. The number of rotatable bonds is 6. The second kappa shape index (κ2) is 7.64. The van der Waals surface area contributed by atoms with Crippen molar-refractivity contribution in [3.63, 3.8) is 0 Å². The van der Waals surface area contributed by atoms with Gasteiger partial charge in [-0.3, -0.25) is 4.72 Å². The van der Waals surface area contributed by atoms with Gasteiger partial charge in [0.25, 0.3) is 0 Å². The van der Waals surface area contributed by atoms with Gasteiger partial charge in [-0.25, -0.2) is 26.0 Å². The van der Waals surface area contributed by atoms with Crippen LogP contribution < -0.4 is 10.0 Å². The summed E-state index contributed by atoms with van der Waals surface area (Å²) in [6, 6.07) is 11.3. The van der Waals surface area contributed by atoms with E-state index in [0.717, 1.165) is 18.2 Å². The zero-order valence-electron chi connectivity index (χ0n) is 15.4. The van der Waals surface area contributed by atoms with E-state index >= 15 is 0 Å². The Kier molecular flexibility index (Phi) is 5.15. The molecule has 1 saturated carbocycles. The van der Waals surface area contributed by atoms with Crippen LogP contribution in [0.1, 0.15) is 12.8 Å². The van der Waals surface area contributed by atoms with Crippen LogP contribution >= 0.6 is 0 Å². The van der Waals surface area contributed by atoms with Gasteiger partial charge in [0.15, 0.2) is 11.6 Å². The minimum absolute atomic E-state index is 0.183. The fourth-order valence-corrected chi connectivity index (χ4v) is 4.35. The Bertz CT molecular complexity index is 1210. The van der Waals surface area contributed by atoms with E-state index in [-0.39, 0.29) is 11.4 Å². The third-order valence-electron chi connectivity index (χ3n) is 4.72. The summed E-state index contributed by atoms with van der Waals surface area (Å²) in [6.45, 7) is 0. The van der Waals surface area contributed by atoms with Crippen LogP contribution in [-0.4, -0.2) is 13.7 Å². The van der Waals surface area contributed by atoms with Crippen molar-refractivity contribution in [3.8, 4) is 11.1 Å². The topological polar surface area (TPSA) is 58.2 Å². The van der Waals surface area contributed by atoms with Gasteiger partial charge in [0, 0.05) is 0 Å². The van der Waals surface area contributed by atoms with Crippen molar-refractivity contribution in [1.82, 2.24) is 0 Å². The fraction of sp³-hybridized carbons (Fsp3) is 0.143. The Balaban J connectivity index is 1.66. The number of sulfonamides is 1. The molecule has 0 spiro atoms. The number of nitrogens with one attached hydrogen (secondary N) is 2. The normalized spacial score (nSPS) is 13.9. The maximum absolute atomic E-state index is 14.6. The molecule has 0 aliphatic heterocycles. The molecule has 4 rings (SSSR count). The van der Waals surface area contributed by atoms with E-state index < -0.39 is 44.2 Å². The lowest BCUT2D eigenvalue weighted by Gasteiger charge is -2.16. The van der Waals surface area contributed by atoms with Crippen LogP contribution in [0.3, 0.4) is 0 Å². The van der Waals surface area contributed by atoms with Gasteiger partial charge in [-0.1, -0.05) is 18.2 Å². The molecular formula is C21H16F4N2O2S. The molecule has 0 atom stereocenters. The summed E-state index contributed by atoms with van der Waals surface area (Å²) in [4.78, 5) is 0. The zero-order chi connectivity index (χ0) is 21.5. The molecule has 0 radical (unpaired) electrons. The average Bonchev–Trinajstić information content (AvgIpc) is 3.55. The standard InChI is InChI=1S/C21H16F4N2O2S/c22-14-4-1-12(2-5-14)13-3-9-18(17(24)11-13)26-21-19(10-8-16(23)20(21)25)27-30(28,29)15-6-7-15/h1-5,8-11,15,26-27H,6-7H2. The Morgan fingerprint density at radius 3 is 2.03 bits per heavy atom. The first-order chi connectivity index (χ1) is 14.2. The largest absolute Gasteiger partial charge is 0.349 e. The SMILES string of the molecule is O=S(=O)(Nc1ccc(F)c(F)c1Nc1ccc(-c2ccc(F)cc2)cc1F)C1CC1. The molecule has 1 aliphatic rings. The molecule has 1 aliphatic carbocycles. The highest BCUT2D eigenvalue weighted by molar-refractivity contribution is 7.93. The summed E-state index contributed by atoms with van der Waals surface area (Å²) in [5.41, 5.74) is 0.0943. The third kappa shape index (κ3) is 4.11. The summed E-state index contributed by atoms with van der Waals surface area (Å²) >= 11 is 0. The summed E-state index contributed by atoms with van der Waals surface area (Å²) in [7, 11) is -3.74. The Hall–Kier alpha value is -3.07. The van der Waals surface area contributed by atoms with Crippen molar-refractivity contribution >= 4 is 27.1 Å². The van der Waals surface area contributed by atoms with E-state index in [1.807, 2.05) is 0 Å². The summed E-state index contributed by atoms with van der Waals surface area (Å²) < 4.78 is 82.6. The van der Waals surface area contributed by atoms with Gasteiger partial charge in [-0.05, 0) is 60.4 Å². The Morgan fingerprint density at radius 1 is 0.767 bits per heavy atom. The number of hydrogen-bond acceptors (Lipinski definition) is 3. The number of halogens is 4. The van der Waals surface area contributed by atoms with Crippen LogP contribution in [0, 0.1) is 23.3 Å². The molecule has 156 valence electrons. The van der Waals surface area contributed by atoms with Gasteiger partial charge in [-0.15, -0.1) is 0 Å². The van der Waals surface area contributed by atoms with Crippen molar-refractivity contribution in [2.24, 2.45) is 0 Å². The first kappa shape index (κ1) is 20.2. The van der Waals surface area contributed by atoms with Crippen LogP contribution in [-0.2, 0) is 10.0 Å². The average molecular weight is 436 g/mol. The molecule has 0 unspecified atom stereocenters. The van der Waals surface area contributed by atoms with Crippen molar-refractivity contribution in [1.29, 1.82) is 0 Å². The van der Waals surface area contributed by atoms with Crippen molar-refractivity contribution in [2.45, 2.75) is 18.1 Å². The highest BCUT2D eigenvalue weighted by Crippen LogP contribution is 2.36. The van der Waals surface area contributed by atoms with E-state index in [9.17, 15) is 26.0 Å². The van der Waals surface area contributed by atoms with Crippen molar-refractivity contribution in [3.05, 3.63) is 77.9 Å². The minimum Gasteiger partial charge on any atom is -0.349 e. The number of anilines is 3. The van der Waals surface area contributed by atoms with Crippen LogP contribution in [0.15, 0.2) is 54.6 Å². The highest BCUT2D eigenvalue weighted by Gasteiger charge is 2.36. The molecule has 9 heteroatoms. The molecule has 0 amide bonds. The van der Waals surface area contributed by atoms with Gasteiger partial charge < -0.3 is 5.32 Å². The van der Waals surface area contributed by atoms with Crippen LogP contribution in [0.4, 0.5) is 34.6 Å². The van der Waals surface area contributed by atoms with E-state index in [2.05, 4.69) is 10.0 Å². The monoisotopic (exact) mass is 436 g/mol. The van der Waals surface area contributed by atoms with E-state index in [1.165, 1.54) is 36.4 Å². The van der Waals surface area contributed by atoms with Gasteiger partial charge in [0.05, 0.1) is 16.6 Å². The number of hydrogen-bond donors (Lipinski definition) is 2. The molecule has 1 fully saturated rings. The third-order valence-corrected chi connectivity index (χ3v) is 6.57. The predicted molar refractivity (Wildman–Crippen MR) is 107 cm³/mol. The van der Waals surface area contributed by atoms with Gasteiger partial charge in [-0.2, -0.15) is 0 Å². The lowest BCUT2D eigenvalue weighted by Crippen LogP contribution is -2.18. The molecule has 0 aromatic heterocycles. The molecule has 0 bridgehead atoms. The lowest BCUT2D eigenvalue weighted by atomic mass is 10.0. The van der Waals surface area contributed by atoms with Crippen molar-refractivity contribution < 1.29 is 26.0 Å². The second-order valence-electron chi connectivity index (χ2n) is 6.96. The molecule has 4 nitrogen and oxygen atoms in total. The van der Waals surface area contributed by atoms with Gasteiger partial charge in [0.2, 0.25) is 10.0 Å². The maximum atomic E-state index is 14.6. The minimum atomic E-state index is -3.74. The van der Waals surface area contributed by atoms with Crippen molar-refractivity contribution in [2.75, 3.05) is 10.0 Å². The van der Waals surface area contributed by atoms with Crippen LogP contribution in [0.25, 0.3) is 11.1 Å². The second-order valence-corrected chi connectivity index (χ2v) is 8.92. The first-order valence-electron chi connectivity index (χ1n) is 9.07. The Labute approximate surface area is 170 Å². The molecular weight excluding hydrogens is 420 g/mol. The molecule has 2 N–H and O–H groups in total. The van der Waals surface area contributed by atoms with E-state index in [0.29, 0.717) is 24.0 Å². The van der Waals surface area contributed by atoms with Gasteiger partial charge in [0.1, 0.15) is 17.3 Å². The molecule has 0 saturated heterocycles. The molecule has 30 heavy (non-hydrogen) atoms. The van der Waals surface area contributed by atoms with E-state index in [4.69, 9.17) is 0 Å². The fourth-order valence-electron chi connectivity index (χ4n) is 2.95. The predicted octanol–water partition coefficient (Wildman–Crippen LogP) is 5.56. The van der Waals surface area contributed by atoms with E-state index in [1.54, 1.807) is 0 Å². The zero-order valence-corrected chi connectivity index (χ0v) is 16.2. The first-order valence-corrected chi connectivity index (χ1v) is 10.6. The Morgan fingerprint density at radius 2 is 1.40 bits per heavy atom. The molecule has 3 aromatic rings. The summed E-state index contributed by atoms with van der Waals surface area (Å²) in [6.07, 6.45) is 0.975. The van der Waals surface area contributed by atoms with Gasteiger partial charge >= 0.3 is 0 Å². The quantitative estimate of drug-likeness (QED) is 0.498. The van der Waals surface area contributed by atoms with Crippen LogP contribution in [0.5, 0.6) is 0 Å². The highest BCUT2D eigenvalue weighted by atomic mass is 32.2. The summed E-state index contributed by atoms with van der Waals surface area (Å²) in [5, 5.41) is 1.86. The maximum Gasteiger partial charge on any atom is 0.235 e.